The van der Waals surface area contributed by atoms with Gasteiger partial charge in [0.15, 0.2) is 0 Å². The molecule has 7 heteroatoms. The first-order valence-electron chi connectivity index (χ1n) is 7.22. The lowest BCUT2D eigenvalue weighted by Gasteiger charge is -2.30. The summed E-state index contributed by atoms with van der Waals surface area (Å²) in [6, 6.07) is 5.10. The normalized spacial score (nSPS) is 11.3. The predicted molar refractivity (Wildman–Crippen MR) is 95.1 cm³/mol. The molecule has 0 aromatic heterocycles. The number of nitrogens with zero attached hydrogens (tertiary/aromatic N) is 2. The topological polar surface area (TPSA) is 75.5 Å². The molecule has 0 bridgehead atoms. The molecule has 0 aliphatic heterocycles. The Morgan fingerprint density at radius 2 is 1.91 bits per heavy atom. The van der Waals surface area contributed by atoms with E-state index in [2.05, 4.69) is 37.9 Å². The van der Waals surface area contributed by atoms with Crippen LogP contribution in [0.4, 0.5) is 5.69 Å². The van der Waals surface area contributed by atoms with Crippen molar-refractivity contribution in [1.29, 1.82) is 0 Å². The Kier molecular flexibility index (Phi) is 7.21. The smallest absolute Gasteiger partial charge is 0.270 e. The third-order valence-electron chi connectivity index (χ3n) is 3.39. The van der Waals surface area contributed by atoms with Gasteiger partial charge in [-0.25, -0.2) is 0 Å². The van der Waals surface area contributed by atoms with Crippen molar-refractivity contribution in [3.8, 4) is 0 Å². The number of nitrogens with one attached hydrogen (secondary N) is 1. The largest absolute Gasteiger partial charge is 0.351 e. The Labute approximate surface area is 144 Å². The summed E-state index contributed by atoms with van der Waals surface area (Å²) in [6.45, 7) is 9.72. The molecule has 22 heavy (non-hydrogen) atoms. The fourth-order valence-electron chi connectivity index (χ4n) is 2.31. The van der Waals surface area contributed by atoms with Crippen molar-refractivity contribution >= 4 is 34.2 Å². The van der Waals surface area contributed by atoms with Crippen LogP contribution in [0.1, 0.15) is 38.1 Å². The van der Waals surface area contributed by atoms with Crippen LogP contribution in [0.15, 0.2) is 18.2 Å². The van der Waals surface area contributed by atoms with Crippen LogP contribution in [-0.2, 0) is 0 Å². The number of rotatable bonds is 7. The number of benzene rings is 1. The Bertz CT molecular complexity index is 539. The van der Waals surface area contributed by atoms with Gasteiger partial charge in [0.25, 0.3) is 11.6 Å². The molecule has 1 N–H and O–H groups in total. The van der Waals surface area contributed by atoms with Crippen LogP contribution in [-0.4, -0.2) is 40.9 Å². The zero-order valence-corrected chi connectivity index (χ0v) is 15.5. The molecule has 0 radical (unpaired) electrons. The average Bonchev–Trinajstić information content (AvgIpc) is 2.42. The molecule has 1 amide bonds. The van der Waals surface area contributed by atoms with E-state index in [0.29, 0.717) is 27.8 Å². The second-order valence-corrected chi connectivity index (χ2v) is 6.76. The first kappa shape index (κ1) is 18.8. The number of amides is 1. The summed E-state index contributed by atoms with van der Waals surface area (Å²) in [5, 5.41) is 13.6. The van der Waals surface area contributed by atoms with Crippen molar-refractivity contribution in [2.75, 3.05) is 13.1 Å². The van der Waals surface area contributed by atoms with Gasteiger partial charge in [-0.2, -0.15) is 0 Å². The Hall–Kier alpha value is -1.22. The molecule has 0 saturated heterocycles. The number of nitro groups is 1. The monoisotopic (exact) mass is 419 g/mol. The quantitative estimate of drug-likeness (QED) is 0.419. The lowest BCUT2D eigenvalue weighted by molar-refractivity contribution is -0.384. The molecule has 0 unspecified atom stereocenters. The van der Waals surface area contributed by atoms with Gasteiger partial charge in [-0.1, -0.05) is 0 Å². The van der Waals surface area contributed by atoms with Gasteiger partial charge in [0.1, 0.15) is 0 Å². The summed E-state index contributed by atoms with van der Waals surface area (Å²) >= 11 is 2.01. The van der Waals surface area contributed by atoms with E-state index in [-0.39, 0.29) is 11.6 Å². The molecule has 6 nitrogen and oxygen atoms in total. The predicted octanol–water partition coefficient (Wildman–Crippen LogP) is 3.05. The molecular weight excluding hydrogens is 397 g/mol. The Balaban J connectivity index is 2.70. The van der Waals surface area contributed by atoms with Gasteiger partial charge < -0.3 is 5.32 Å². The highest BCUT2D eigenvalue weighted by Gasteiger charge is 2.17. The lowest BCUT2D eigenvalue weighted by atomic mass is 10.2. The van der Waals surface area contributed by atoms with Crippen molar-refractivity contribution in [2.45, 2.75) is 39.8 Å². The van der Waals surface area contributed by atoms with Gasteiger partial charge >= 0.3 is 0 Å². The van der Waals surface area contributed by atoms with Crippen LogP contribution in [0, 0.1) is 13.7 Å². The van der Waals surface area contributed by atoms with Crippen LogP contribution >= 0.6 is 22.6 Å². The summed E-state index contributed by atoms with van der Waals surface area (Å²) in [5.41, 5.74) is 0.270. The van der Waals surface area contributed by atoms with E-state index in [0.717, 1.165) is 6.54 Å². The number of carbonyl (C=O) groups is 1. The highest BCUT2D eigenvalue weighted by Crippen LogP contribution is 2.19. The minimum absolute atomic E-state index is 0.0726. The molecule has 1 aromatic rings. The zero-order valence-electron chi connectivity index (χ0n) is 13.3. The molecule has 0 atom stereocenters. The van der Waals surface area contributed by atoms with Crippen LogP contribution in [0.25, 0.3) is 0 Å². The lowest BCUT2D eigenvalue weighted by Crippen LogP contribution is -2.42. The Morgan fingerprint density at radius 1 is 1.32 bits per heavy atom. The summed E-state index contributed by atoms with van der Waals surface area (Å²) in [4.78, 5) is 24.8. The van der Waals surface area contributed by atoms with Gasteiger partial charge in [0, 0.05) is 40.9 Å². The van der Waals surface area contributed by atoms with E-state index in [1.54, 1.807) is 6.07 Å². The van der Waals surface area contributed by atoms with Crippen LogP contribution in [0.2, 0.25) is 0 Å². The van der Waals surface area contributed by atoms with Crippen LogP contribution in [0.5, 0.6) is 0 Å². The van der Waals surface area contributed by atoms with Gasteiger partial charge in [-0.05, 0) is 56.4 Å². The average molecular weight is 419 g/mol. The number of halogens is 1. The van der Waals surface area contributed by atoms with E-state index < -0.39 is 4.92 Å². The molecule has 0 heterocycles. The van der Waals surface area contributed by atoms with E-state index >= 15 is 0 Å². The molecule has 0 fully saturated rings. The number of nitro benzene ring substituents is 1. The van der Waals surface area contributed by atoms with E-state index in [4.69, 9.17) is 0 Å². The maximum absolute atomic E-state index is 12.2. The van der Waals surface area contributed by atoms with Gasteiger partial charge in [-0.3, -0.25) is 19.8 Å². The summed E-state index contributed by atoms with van der Waals surface area (Å²) in [6.07, 6.45) is 0. The standard InChI is InChI=1S/C15H22IN3O3/c1-10(2)18(11(3)4)8-7-17-15(20)13-9-12(19(21)22)5-6-14(13)16/h5-6,9-11H,7-8H2,1-4H3,(H,17,20). The summed E-state index contributed by atoms with van der Waals surface area (Å²) < 4.78 is 0.699. The minimum atomic E-state index is -0.494. The number of carbonyl (C=O) groups excluding carboxylic acids is 1. The molecule has 0 aliphatic carbocycles. The van der Waals surface area contributed by atoms with Crippen LogP contribution in [0.3, 0.4) is 0 Å². The molecule has 0 saturated carbocycles. The fraction of sp³-hybridized carbons (Fsp3) is 0.533. The molecule has 122 valence electrons. The van der Waals surface area contributed by atoms with Crippen molar-refractivity contribution in [2.24, 2.45) is 0 Å². The Morgan fingerprint density at radius 3 is 2.41 bits per heavy atom. The maximum Gasteiger partial charge on any atom is 0.270 e. The van der Waals surface area contributed by atoms with Crippen LogP contribution < -0.4 is 5.32 Å². The van der Waals surface area contributed by atoms with E-state index in [1.807, 2.05) is 22.6 Å². The highest BCUT2D eigenvalue weighted by atomic mass is 127. The molecule has 1 aromatic carbocycles. The number of hydrogen-bond donors (Lipinski definition) is 1. The van der Waals surface area contributed by atoms with Crippen molar-refractivity contribution in [3.63, 3.8) is 0 Å². The molecule has 1 rings (SSSR count). The zero-order chi connectivity index (χ0) is 16.9. The maximum atomic E-state index is 12.2. The second kappa shape index (κ2) is 8.42. The summed E-state index contributed by atoms with van der Waals surface area (Å²) in [7, 11) is 0. The first-order chi connectivity index (χ1) is 10.2. The number of hydrogen-bond acceptors (Lipinski definition) is 4. The second-order valence-electron chi connectivity index (χ2n) is 5.60. The van der Waals surface area contributed by atoms with Crippen molar-refractivity contribution < 1.29 is 9.72 Å². The molecular formula is C15H22IN3O3. The number of non-ortho nitro benzene ring substituents is 1. The molecule has 0 aliphatic rings. The van der Waals surface area contributed by atoms with Gasteiger partial charge in [0.2, 0.25) is 0 Å². The van der Waals surface area contributed by atoms with Crippen molar-refractivity contribution in [3.05, 3.63) is 37.4 Å². The van der Waals surface area contributed by atoms with Crippen molar-refractivity contribution in [1.82, 2.24) is 10.2 Å². The fourth-order valence-corrected chi connectivity index (χ4v) is 2.89. The molecule has 0 spiro atoms. The SMILES string of the molecule is CC(C)N(CCNC(=O)c1cc([N+](=O)[O-])ccc1I)C(C)C. The third-order valence-corrected chi connectivity index (χ3v) is 4.33. The van der Waals surface area contributed by atoms with E-state index in [9.17, 15) is 14.9 Å². The van der Waals surface area contributed by atoms with Gasteiger partial charge in [-0.15, -0.1) is 0 Å². The third kappa shape index (κ3) is 5.20. The highest BCUT2D eigenvalue weighted by molar-refractivity contribution is 14.1. The van der Waals surface area contributed by atoms with Gasteiger partial charge in [0.05, 0.1) is 10.5 Å². The van der Waals surface area contributed by atoms with E-state index in [1.165, 1.54) is 12.1 Å². The minimum Gasteiger partial charge on any atom is -0.351 e. The first-order valence-corrected chi connectivity index (χ1v) is 8.29. The summed E-state index contributed by atoms with van der Waals surface area (Å²) in [5.74, 6) is -0.277.